The summed E-state index contributed by atoms with van der Waals surface area (Å²) in [5.74, 6) is -0.281. The van der Waals surface area contributed by atoms with Crippen LogP contribution in [-0.2, 0) is 15.3 Å². The second-order valence-electron chi connectivity index (χ2n) is 4.18. The van der Waals surface area contributed by atoms with Crippen molar-refractivity contribution in [2.45, 2.75) is 24.8 Å². The van der Waals surface area contributed by atoms with Gasteiger partial charge in [-0.2, -0.15) is 11.8 Å². The molecule has 0 spiro atoms. The molecule has 0 aliphatic heterocycles. The van der Waals surface area contributed by atoms with Crippen molar-refractivity contribution in [1.82, 2.24) is 5.32 Å². The number of carbonyl (C=O) groups is 2. The Balaban J connectivity index is 2.29. The van der Waals surface area contributed by atoms with E-state index in [0.29, 0.717) is 5.75 Å². The van der Waals surface area contributed by atoms with Crippen molar-refractivity contribution in [3.63, 3.8) is 0 Å². The molecule has 0 saturated heterocycles. The van der Waals surface area contributed by atoms with Gasteiger partial charge in [0.1, 0.15) is 6.04 Å². The fourth-order valence-electron chi connectivity index (χ4n) is 1.34. The molecule has 2 unspecified atom stereocenters. The summed E-state index contributed by atoms with van der Waals surface area (Å²) in [5, 5.41) is 11.0. The van der Waals surface area contributed by atoms with Gasteiger partial charge in [0.2, 0.25) is 5.91 Å². The Morgan fingerprint density at radius 1 is 1.37 bits per heavy atom. The van der Waals surface area contributed by atoms with Gasteiger partial charge < -0.3 is 16.2 Å². The molecule has 0 aliphatic rings. The van der Waals surface area contributed by atoms with Gasteiger partial charge in [0.15, 0.2) is 0 Å². The van der Waals surface area contributed by atoms with Crippen LogP contribution in [0.3, 0.4) is 0 Å². The Morgan fingerprint density at radius 2 is 2.00 bits per heavy atom. The van der Waals surface area contributed by atoms with Gasteiger partial charge >= 0.3 is 5.97 Å². The SMILES string of the molecule is CC(NC(=O)C(N)CSCc1ccccc1)C(=O)O. The largest absolute Gasteiger partial charge is 0.480 e. The average molecular weight is 282 g/mol. The fraction of sp³-hybridized carbons (Fsp3) is 0.385. The molecule has 0 radical (unpaired) electrons. The third-order valence-corrected chi connectivity index (χ3v) is 3.61. The molecule has 1 amide bonds. The van der Waals surface area contributed by atoms with Gasteiger partial charge in [0.25, 0.3) is 0 Å². The Kier molecular flexibility index (Phi) is 6.38. The molecule has 6 heteroatoms. The van der Waals surface area contributed by atoms with Crippen molar-refractivity contribution in [2.24, 2.45) is 5.73 Å². The lowest BCUT2D eigenvalue weighted by molar-refractivity contribution is -0.141. The Morgan fingerprint density at radius 3 is 2.58 bits per heavy atom. The average Bonchev–Trinajstić information content (AvgIpc) is 2.39. The number of nitrogens with two attached hydrogens (primary N) is 1. The minimum Gasteiger partial charge on any atom is -0.480 e. The quantitative estimate of drug-likeness (QED) is 0.689. The Labute approximate surface area is 116 Å². The normalized spacial score (nSPS) is 13.6. The van der Waals surface area contributed by atoms with E-state index in [1.165, 1.54) is 12.5 Å². The number of carboxylic acids is 1. The summed E-state index contributed by atoms with van der Waals surface area (Å²) >= 11 is 1.54. The first kappa shape index (κ1) is 15.5. The molecule has 0 saturated carbocycles. The highest BCUT2D eigenvalue weighted by molar-refractivity contribution is 7.98. The maximum atomic E-state index is 11.6. The predicted molar refractivity (Wildman–Crippen MR) is 75.8 cm³/mol. The van der Waals surface area contributed by atoms with E-state index in [1.807, 2.05) is 30.3 Å². The highest BCUT2D eigenvalue weighted by Gasteiger charge is 2.19. The smallest absolute Gasteiger partial charge is 0.325 e. The molecule has 0 bridgehead atoms. The first-order valence-electron chi connectivity index (χ1n) is 5.91. The molecule has 5 nitrogen and oxygen atoms in total. The first-order valence-corrected chi connectivity index (χ1v) is 7.06. The summed E-state index contributed by atoms with van der Waals surface area (Å²) in [6, 6.07) is 8.25. The first-order chi connectivity index (χ1) is 9.00. The summed E-state index contributed by atoms with van der Waals surface area (Å²) in [7, 11) is 0. The maximum Gasteiger partial charge on any atom is 0.325 e. The monoisotopic (exact) mass is 282 g/mol. The summed E-state index contributed by atoms with van der Waals surface area (Å²) in [4.78, 5) is 22.2. The minimum atomic E-state index is -1.07. The lowest BCUT2D eigenvalue weighted by atomic mass is 10.2. The third-order valence-electron chi connectivity index (χ3n) is 2.47. The molecule has 0 heterocycles. The van der Waals surface area contributed by atoms with Crippen LogP contribution >= 0.6 is 11.8 Å². The Hall–Kier alpha value is -1.53. The van der Waals surface area contributed by atoms with Crippen LogP contribution in [0.15, 0.2) is 30.3 Å². The summed E-state index contributed by atoms with van der Waals surface area (Å²) in [5.41, 5.74) is 6.87. The van der Waals surface area contributed by atoms with E-state index in [9.17, 15) is 9.59 Å². The maximum absolute atomic E-state index is 11.6. The van der Waals surface area contributed by atoms with Crippen molar-refractivity contribution in [3.05, 3.63) is 35.9 Å². The molecule has 104 valence electrons. The standard InChI is InChI=1S/C13H18N2O3S/c1-9(13(17)18)15-12(16)11(14)8-19-7-10-5-3-2-4-6-10/h2-6,9,11H,7-8,14H2,1H3,(H,15,16)(H,17,18). The van der Waals surface area contributed by atoms with Gasteiger partial charge in [-0.05, 0) is 12.5 Å². The summed E-state index contributed by atoms with van der Waals surface area (Å²) in [6.07, 6.45) is 0. The number of aliphatic carboxylic acids is 1. The molecule has 0 fully saturated rings. The van der Waals surface area contributed by atoms with Gasteiger partial charge in [-0.3, -0.25) is 9.59 Å². The molecule has 2 atom stereocenters. The number of carboxylic acid groups (broad SMARTS) is 1. The second-order valence-corrected chi connectivity index (χ2v) is 5.21. The summed E-state index contributed by atoms with van der Waals surface area (Å²) in [6.45, 7) is 1.41. The van der Waals surface area contributed by atoms with E-state index < -0.39 is 24.0 Å². The van der Waals surface area contributed by atoms with Crippen LogP contribution in [0.25, 0.3) is 0 Å². The molecule has 1 aromatic rings. The van der Waals surface area contributed by atoms with Gasteiger partial charge in [-0.15, -0.1) is 0 Å². The van der Waals surface area contributed by atoms with Gasteiger partial charge in [-0.1, -0.05) is 30.3 Å². The molecule has 19 heavy (non-hydrogen) atoms. The van der Waals surface area contributed by atoms with Crippen LogP contribution in [0, 0.1) is 0 Å². The van der Waals surface area contributed by atoms with Crippen LogP contribution in [0.5, 0.6) is 0 Å². The van der Waals surface area contributed by atoms with Crippen LogP contribution < -0.4 is 11.1 Å². The highest BCUT2D eigenvalue weighted by Crippen LogP contribution is 2.12. The number of hydrogen-bond acceptors (Lipinski definition) is 4. The van der Waals surface area contributed by atoms with Crippen molar-refractivity contribution < 1.29 is 14.7 Å². The van der Waals surface area contributed by atoms with E-state index in [4.69, 9.17) is 10.8 Å². The van der Waals surface area contributed by atoms with Crippen molar-refractivity contribution in [2.75, 3.05) is 5.75 Å². The van der Waals surface area contributed by atoms with Crippen molar-refractivity contribution >= 4 is 23.6 Å². The lowest BCUT2D eigenvalue weighted by Gasteiger charge is -2.14. The molecule has 1 aromatic carbocycles. The number of nitrogens with one attached hydrogen (secondary N) is 1. The van der Waals surface area contributed by atoms with E-state index in [2.05, 4.69) is 5.32 Å². The van der Waals surface area contributed by atoms with Crippen LogP contribution in [-0.4, -0.2) is 34.8 Å². The topological polar surface area (TPSA) is 92.4 Å². The number of thioether (sulfide) groups is 1. The molecule has 4 N–H and O–H groups in total. The molecule has 0 aromatic heterocycles. The van der Waals surface area contributed by atoms with Gasteiger partial charge in [-0.25, -0.2) is 0 Å². The fourth-order valence-corrected chi connectivity index (χ4v) is 2.29. The zero-order chi connectivity index (χ0) is 14.3. The zero-order valence-electron chi connectivity index (χ0n) is 10.7. The summed E-state index contributed by atoms with van der Waals surface area (Å²) < 4.78 is 0. The van der Waals surface area contributed by atoms with Crippen LogP contribution in [0.1, 0.15) is 12.5 Å². The van der Waals surface area contributed by atoms with Crippen molar-refractivity contribution in [3.8, 4) is 0 Å². The Bertz CT molecular complexity index is 425. The van der Waals surface area contributed by atoms with E-state index in [1.54, 1.807) is 11.8 Å². The number of hydrogen-bond donors (Lipinski definition) is 3. The molecular formula is C13H18N2O3S. The number of amides is 1. The third kappa shape index (κ3) is 5.76. The van der Waals surface area contributed by atoms with E-state index >= 15 is 0 Å². The number of carbonyl (C=O) groups excluding carboxylic acids is 1. The minimum absolute atomic E-state index is 0.435. The highest BCUT2D eigenvalue weighted by atomic mass is 32.2. The van der Waals surface area contributed by atoms with Gasteiger partial charge in [0.05, 0.1) is 6.04 Å². The molecule has 0 aliphatic carbocycles. The van der Waals surface area contributed by atoms with E-state index in [0.717, 1.165) is 5.75 Å². The molecule has 1 rings (SSSR count). The zero-order valence-corrected chi connectivity index (χ0v) is 11.5. The number of benzene rings is 1. The van der Waals surface area contributed by atoms with E-state index in [-0.39, 0.29) is 0 Å². The van der Waals surface area contributed by atoms with Gasteiger partial charge in [0, 0.05) is 11.5 Å². The lowest BCUT2D eigenvalue weighted by Crippen LogP contribution is -2.48. The van der Waals surface area contributed by atoms with Crippen molar-refractivity contribution in [1.29, 1.82) is 0 Å². The number of rotatable bonds is 7. The van der Waals surface area contributed by atoms with Crippen LogP contribution in [0.4, 0.5) is 0 Å². The molecular weight excluding hydrogens is 264 g/mol. The second kappa shape index (κ2) is 7.81. The van der Waals surface area contributed by atoms with Crippen LogP contribution in [0.2, 0.25) is 0 Å². The predicted octanol–water partition coefficient (Wildman–Crippen LogP) is 0.836.